The number of fused-ring (bicyclic) bond motifs is 1. The highest BCUT2D eigenvalue weighted by Crippen LogP contribution is 2.15. The molecule has 5 heteroatoms. The molecule has 0 aliphatic heterocycles. The molecule has 2 radical (unpaired) electrons. The van der Waals surface area contributed by atoms with E-state index in [9.17, 15) is 5.11 Å². The van der Waals surface area contributed by atoms with Gasteiger partial charge in [0, 0.05) is 0 Å². The number of nitrogens with zero attached hydrogens (tertiary/aromatic N) is 3. The van der Waals surface area contributed by atoms with Crippen molar-refractivity contribution in [3.05, 3.63) is 24.3 Å². The topological polar surface area (TPSA) is 50.9 Å². The minimum absolute atomic E-state index is 0.593. The minimum Gasteiger partial charge on any atom is -0.367 e. The largest absolute Gasteiger partial charge is 0.367 e. The van der Waals surface area contributed by atoms with Crippen LogP contribution < -0.4 is 0 Å². The van der Waals surface area contributed by atoms with Gasteiger partial charge in [-0.15, -0.1) is 11.5 Å². The van der Waals surface area contributed by atoms with Gasteiger partial charge in [-0.2, -0.15) is 0 Å². The van der Waals surface area contributed by atoms with Crippen molar-refractivity contribution in [2.24, 2.45) is 0 Å². The lowest BCUT2D eigenvalue weighted by molar-refractivity contribution is 0.103. The van der Waals surface area contributed by atoms with Crippen LogP contribution in [-0.4, -0.2) is 27.9 Å². The molecule has 0 aliphatic carbocycles. The summed E-state index contributed by atoms with van der Waals surface area (Å²) in [6.07, 6.45) is 5.07. The Morgan fingerprint density at radius 1 is 1.50 bits per heavy atom. The van der Waals surface area contributed by atoms with Crippen LogP contribution in [0.4, 0.5) is 0 Å². The predicted octanol–water partition coefficient (Wildman–Crippen LogP) is -0.164. The van der Waals surface area contributed by atoms with Crippen LogP contribution in [-0.2, 0) is 5.62 Å². The molecule has 0 bridgehead atoms. The first kappa shape index (κ1) is 8.79. The number of hydrogen-bond donors (Lipinski definition) is 1. The number of aliphatic hydroxyl groups is 1. The molecule has 1 heterocycles. The lowest BCUT2D eigenvalue weighted by Crippen LogP contribution is -2.32. The first-order valence-electron chi connectivity index (χ1n) is 3.95. The third kappa shape index (κ3) is 1.17. The van der Waals surface area contributed by atoms with Crippen molar-refractivity contribution in [1.82, 2.24) is 15.0 Å². The van der Waals surface area contributed by atoms with Gasteiger partial charge >= 0.3 is 0 Å². The molecule has 0 saturated carbocycles. The molecule has 2 aromatic rings. The Balaban J connectivity index is 2.72. The number of hydrogen-bond acceptors (Lipinski definition) is 3. The second-order valence-corrected chi connectivity index (χ2v) is 2.86. The number of terminal acetylenes is 1. The van der Waals surface area contributed by atoms with E-state index in [4.69, 9.17) is 14.3 Å². The molecule has 0 spiro atoms. The average Bonchev–Trinajstić information content (AvgIpc) is 2.61. The molecule has 2 rings (SSSR count). The van der Waals surface area contributed by atoms with Crippen LogP contribution in [0.5, 0.6) is 0 Å². The van der Waals surface area contributed by atoms with Gasteiger partial charge in [0.25, 0.3) is 0 Å². The van der Waals surface area contributed by atoms with E-state index in [2.05, 4.69) is 10.3 Å². The summed E-state index contributed by atoms with van der Waals surface area (Å²) in [5.74, 6) is 2.03. The monoisotopic (exact) mass is 183 g/mol. The lowest BCUT2D eigenvalue weighted by atomic mass is 9.92. The van der Waals surface area contributed by atoms with Gasteiger partial charge in [0.2, 0.25) is 0 Å². The lowest BCUT2D eigenvalue weighted by Gasteiger charge is -2.17. The predicted molar refractivity (Wildman–Crippen MR) is 52.3 cm³/mol. The molecule has 4 nitrogen and oxygen atoms in total. The third-order valence-electron chi connectivity index (χ3n) is 1.89. The zero-order valence-electron chi connectivity index (χ0n) is 7.25. The summed E-state index contributed by atoms with van der Waals surface area (Å²) in [6.45, 7) is 0. The van der Waals surface area contributed by atoms with E-state index in [0.717, 1.165) is 4.68 Å². The molecular formula is C9H6BN3O. The van der Waals surface area contributed by atoms with E-state index in [1.54, 1.807) is 18.2 Å². The van der Waals surface area contributed by atoms with Gasteiger partial charge in [0.05, 0.1) is 5.52 Å². The maximum absolute atomic E-state index is 9.58. The summed E-state index contributed by atoms with van der Waals surface area (Å²) < 4.78 is 1.10. The van der Waals surface area contributed by atoms with Crippen LogP contribution >= 0.6 is 0 Å². The van der Waals surface area contributed by atoms with Crippen LogP contribution in [0.15, 0.2) is 24.3 Å². The Labute approximate surface area is 81.9 Å². The van der Waals surface area contributed by atoms with E-state index in [1.807, 2.05) is 12.0 Å². The van der Waals surface area contributed by atoms with Gasteiger partial charge in [-0.3, -0.25) is 0 Å². The molecular weight excluding hydrogens is 177 g/mol. The van der Waals surface area contributed by atoms with Crippen LogP contribution in [0.1, 0.15) is 0 Å². The molecule has 0 saturated heterocycles. The van der Waals surface area contributed by atoms with Crippen molar-refractivity contribution in [2.45, 2.75) is 5.62 Å². The quantitative estimate of drug-likeness (QED) is 0.493. The van der Waals surface area contributed by atoms with E-state index >= 15 is 0 Å². The summed E-state index contributed by atoms with van der Waals surface area (Å²) in [5, 5.41) is 17.1. The van der Waals surface area contributed by atoms with Crippen molar-refractivity contribution in [2.75, 3.05) is 0 Å². The standard InChI is InChI=1S/C9H6BN3O/c1-2-9(10,14)13-8-6-4-3-5-7(8)11-12-13/h1,3-6,14H. The highest BCUT2D eigenvalue weighted by Gasteiger charge is 2.21. The van der Waals surface area contributed by atoms with E-state index in [-0.39, 0.29) is 0 Å². The van der Waals surface area contributed by atoms with Crippen molar-refractivity contribution in [1.29, 1.82) is 0 Å². The fraction of sp³-hybridized carbons (Fsp3) is 0.111. The zero-order valence-corrected chi connectivity index (χ0v) is 7.25. The first-order valence-corrected chi connectivity index (χ1v) is 3.95. The molecule has 1 atom stereocenters. The van der Waals surface area contributed by atoms with Gasteiger partial charge in [0.1, 0.15) is 5.52 Å². The zero-order chi connectivity index (χ0) is 10.2. The average molecular weight is 183 g/mol. The Bertz CT molecular complexity index is 512. The van der Waals surface area contributed by atoms with Gasteiger partial charge in [-0.1, -0.05) is 23.3 Å². The minimum atomic E-state index is -1.93. The summed E-state index contributed by atoms with van der Waals surface area (Å²) in [7, 11) is 5.43. The molecule has 14 heavy (non-hydrogen) atoms. The summed E-state index contributed by atoms with van der Waals surface area (Å²) in [6, 6.07) is 7.08. The summed E-state index contributed by atoms with van der Waals surface area (Å²) >= 11 is 0. The van der Waals surface area contributed by atoms with E-state index in [0.29, 0.717) is 11.0 Å². The Kier molecular flexibility index (Phi) is 1.79. The number of aromatic nitrogens is 3. The molecule has 1 N–H and O–H groups in total. The number of para-hydroxylation sites is 1. The Hall–Kier alpha value is -1.80. The molecule has 0 fully saturated rings. The van der Waals surface area contributed by atoms with Crippen LogP contribution in [0.3, 0.4) is 0 Å². The molecule has 1 aromatic carbocycles. The smallest absolute Gasteiger partial charge is 0.172 e. The number of rotatable bonds is 1. The number of benzene rings is 1. The Morgan fingerprint density at radius 3 is 2.93 bits per heavy atom. The van der Waals surface area contributed by atoms with Gasteiger partial charge in [0.15, 0.2) is 13.5 Å². The molecule has 0 aliphatic rings. The van der Waals surface area contributed by atoms with Crippen LogP contribution in [0.25, 0.3) is 11.0 Å². The normalized spacial score (nSPS) is 14.9. The van der Waals surface area contributed by atoms with Gasteiger partial charge < -0.3 is 5.11 Å². The van der Waals surface area contributed by atoms with Gasteiger partial charge in [-0.25, -0.2) is 4.68 Å². The fourth-order valence-electron chi connectivity index (χ4n) is 1.18. The van der Waals surface area contributed by atoms with Crippen molar-refractivity contribution in [3.8, 4) is 12.3 Å². The maximum Gasteiger partial charge on any atom is 0.172 e. The molecule has 1 unspecified atom stereocenters. The summed E-state index contributed by atoms with van der Waals surface area (Å²) in [5.41, 5.74) is -0.710. The molecule has 0 amide bonds. The molecule has 66 valence electrons. The summed E-state index contributed by atoms with van der Waals surface area (Å²) in [4.78, 5) is 0. The van der Waals surface area contributed by atoms with E-state index in [1.165, 1.54) is 0 Å². The van der Waals surface area contributed by atoms with Crippen molar-refractivity contribution >= 4 is 18.9 Å². The van der Waals surface area contributed by atoms with Crippen LogP contribution in [0, 0.1) is 12.3 Å². The van der Waals surface area contributed by atoms with Crippen LogP contribution in [0.2, 0.25) is 0 Å². The second-order valence-electron chi connectivity index (χ2n) is 2.86. The Morgan fingerprint density at radius 2 is 2.21 bits per heavy atom. The third-order valence-corrected chi connectivity index (χ3v) is 1.89. The molecule has 1 aromatic heterocycles. The first-order chi connectivity index (χ1) is 6.65. The highest BCUT2D eigenvalue weighted by molar-refractivity contribution is 6.14. The second kappa shape index (κ2) is 2.86. The highest BCUT2D eigenvalue weighted by atomic mass is 16.3. The van der Waals surface area contributed by atoms with Gasteiger partial charge in [-0.05, 0) is 12.1 Å². The van der Waals surface area contributed by atoms with Crippen molar-refractivity contribution < 1.29 is 5.11 Å². The van der Waals surface area contributed by atoms with Crippen molar-refractivity contribution in [3.63, 3.8) is 0 Å². The maximum atomic E-state index is 9.58. The SMILES string of the molecule is [B]C(O)(C#C)n1nnc2ccccc21. The fourth-order valence-corrected chi connectivity index (χ4v) is 1.18. The van der Waals surface area contributed by atoms with E-state index < -0.39 is 5.62 Å².